The molecule has 2 aromatic carbocycles. The molecule has 3 N–H and O–H groups in total. The molecule has 0 unspecified atom stereocenters. The number of amides is 2. The van der Waals surface area contributed by atoms with Gasteiger partial charge in [-0.1, -0.05) is 12.1 Å². The minimum absolute atomic E-state index is 0.147. The quantitative estimate of drug-likeness (QED) is 0.373. The Morgan fingerprint density at radius 1 is 1.09 bits per heavy atom. The number of imidazole rings is 1. The molecule has 1 heterocycles. The molecule has 176 valence electrons. The molecule has 0 fully saturated rings. The molecular weight excluding hydrogens is 440 g/mol. The Hall–Kier alpha value is -3.20. The van der Waals surface area contributed by atoms with Gasteiger partial charge in [0.15, 0.2) is 11.5 Å². The minimum atomic E-state index is -0.362. The average molecular weight is 471 g/mol. The summed E-state index contributed by atoms with van der Waals surface area (Å²) in [6.07, 6.45) is 2.74. The minimum Gasteiger partial charge on any atom is -0.490 e. The van der Waals surface area contributed by atoms with Crippen LogP contribution in [0.2, 0.25) is 0 Å². The van der Waals surface area contributed by atoms with E-state index in [1.54, 1.807) is 30.0 Å². The molecule has 0 saturated heterocycles. The highest BCUT2D eigenvalue weighted by molar-refractivity contribution is 7.98. The van der Waals surface area contributed by atoms with E-state index in [0.29, 0.717) is 36.1 Å². The van der Waals surface area contributed by atoms with E-state index in [-0.39, 0.29) is 24.4 Å². The van der Waals surface area contributed by atoms with Gasteiger partial charge in [0, 0.05) is 5.56 Å². The van der Waals surface area contributed by atoms with Crippen molar-refractivity contribution in [1.82, 2.24) is 20.6 Å². The molecule has 33 heavy (non-hydrogen) atoms. The lowest BCUT2D eigenvalue weighted by Crippen LogP contribution is -2.39. The molecule has 0 bridgehead atoms. The van der Waals surface area contributed by atoms with Crippen LogP contribution in [-0.4, -0.2) is 53.5 Å². The van der Waals surface area contributed by atoms with Crippen LogP contribution in [0.3, 0.4) is 0 Å². The van der Waals surface area contributed by atoms with E-state index in [1.165, 1.54) is 0 Å². The number of nitrogens with zero attached hydrogens (tertiary/aromatic N) is 1. The van der Waals surface area contributed by atoms with Gasteiger partial charge in [0.05, 0.1) is 36.8 Å². The topological polar surface area (TPSA) is 105 Å². The van der Waals surface area contributed by atoms with Crippen molar-refractivity contribution >= 4 is 34.6 Å². The van der Waals surface area contributed by atoms with Crippen molar-refractivity contribution in [3.05, 3.63) is 53.9 Å². The van der Waals surface area contributed by atoms with Crippen LogP contribution in [0.25, 0.3) is 11.0 Å². The van der Waals surface area contributed by atoms with Gasteiger partial charge in [0.25, 0.3) is 5.91 Å². The molecule has 0 aliphatic carbocycles. The van der Waals surface area contributed by atoms with Crippen LogP contribution in [0.15, 0.2) is 42.5 Å². The lowest BCUT2D eigenvalue weighted by molar-refractivity contribution is -0.120. The number of hydrogen-bond donors (Lipinski definition) is 3. The van der Waals surface area contributed by atoms with E-state index >= 15 is 0 Å². The summed E-state index contributed by atoms with van der Waals surface area (Å²) in [5.74, 6) is 2.00. The van der Waals surface area contributed by atoms with E-state index in [2.05, 4.69) is 20.6 Å². The maximum Gasteiger partial charge on any atom is 0.251 e. The molecule has 0 radical (unpaired) electrons. The fourth-order valence-corrected chi connectivity index (χ4v) is 3.82. The van der Waals surface area contributed by atoms with E-state index < -0.39 is 0 Å². The van der Waals surface area contributed by atoms with Crippen LogP contribution >= 0.6 is 11.8 Å². The number of para-hydroxylation sites is 2. The van der Waals surface area contributed by atoms with Crippen LogP contribution in [0, 0.1) is 0 Å². The van der Waals surface area contributed by atoms with Gasteiger partial charge in [-0.05, 0) is 62.6 Å². The fraction of sp³-hybridized carbons (Fsp3) is 0.375. The smallest absolute Gasteiger partial charge is 0.251 e. The number of ether oxygens (including phenoxy) is 2. The van der Waals surface area contributed by atoms with Crippen LogP contribution in [0.4, 0.5) is 0 Å². The van der Waals surface area contributed by atoms with Crippen LogP contribution in [0.5, 0.6) is 11.5 Å². The second-order valence-corrected chi connectivity index (χ2v) is 8.24. The van der Waals surface area contributed by atoms with Gasteiger partial charge >= 0.3 is 0 Å². The molecule has 1 atom stereocenters. The van der Waals surface area contributed by atoms with Crippen molar-refractivity contribution in [2.45, 2.75) is 26.3 Å². The van der Waals surface area contributed by atoms with Crippen molar-refractivity contribution < 1.29 is 19.1 Å². The number of nitrogens with one attached hydrogen (secondary N) is 3. The zero-order valence-corrected chi connectivity index (χ0v) is 20.0. The standard InChI is InChI=1S/C24H30N4O4S/c1-4-31-20-11-10-16(14-21(20)32-5-2)24(30)25-15-22(29)26-19(12-13-33-3)23-27-17-8-6-7-9-18(17)28-23/h6-11,14,19H,4-5,12-13,15H2,1-3H3,(H,25,30)(H,26,29)(H,27,28)/t19-/m1/s1. The summed E-state index contributed by atoms with van der Waals surface area (Å²) in [6, 6.07) is 12.4. The molecular formula is C24H30N4O4S. The third kappa shape index (κ3) is 6.64. The molecule has 2 amide bonds. The Balaban J connectivity index is 1.63. The summed E-state index contributed by atoms with van der Waals surface area (Å²) in [5, 5.41) is 5.66. The van der Waals surface area contributed by atoms with Crippen molar-refractivity contribution in [3.8, 4) is 11.5 Å². The SMILES string of the molecule is CCOc1ccc(C(=O)NCC(=O)N[C@H](CCSC)c2nc3ccccc3[nH]2)cc1OCC. The molecule has 3 rings (SSSR count). The highest BCUT2D eigenvalue weighted by atomic mass is 32.2. The molecule has 9 heteroatoms. The largest absolute Gasteiger partial charge is 0.490 e. The number of rotatable bonds is 12. The van der Waals surface area contributed by atoms with Gasteiger partial charge in [0.1, 0.15) is 5.82 Å². The third-order valence-electron chi connectivity index (χ3n) is 4.90. The first-order valence-electron chi connectivity index (χ1n) is 11.0. The molecule has 8 nitrogen and oxygen atoms in total. The Kier molecular flexibility index (Phi) is 9.00. The van der Waals surface area contributed by atoms with Crippen LogP contribution in [-0.2, 0) is 4.79 Å². The average Bonchev–Trinajstić information content (AvgIpc) is 3.26. The first kappa shape index (κ1) is 24.4. The Morgan fingerprint density at radius 3 is 2.58 bits per heavy atom. The highest BCUT2D eigenvalue weighted by Crippen LogP contribution is 2.28. The summed E-state index contributed by atoms with van der Waals surface area (Å²) in [4.78, 5) is 33.1. The maximum atomic E-state index is 12.6. The van der Waals surface area contributed by atoms with Gasteiger partial charge in [-0.2, -0.15) is 11.8 Å². The van der Waals surface area contributed by atoms with Gasteiger partial charge in [-0.3, -0.25) is 9.59 Å². The summed E-state index contributed by atoms with van der Waals surface area (Å²) >= 11 is 1.70. The van der Waals surface area contributed by atoms with Crippen LogP contribution < -0.4 is 20.1 Å². The Bertz CT molecular complexity index is 1050. The van der Waals surface area contributed by atoms with Crippen molar-refractivity contribution in [3.63, 3.8) is 0 Å². The second kappa shape index (κ2) is 12.2. The van der Waals surface area contributed by atoms with Crippen molar-refractivity contribution in [2.24, 2.45) is 0 Å². The fourth-order valence-electron chi connectivity index (χ4n) is 3.35. The monoisotopic (exact) mass is 470 g/mol. The summed E-state index contributed by atoms with van der Waals surface area (Å²) in [5.41, 5.74) is 2.17. The zero-order chi connectivity index (χ0) is 23.6. The molecule has 0 saturated carbocycles. The highest BCUT2D eigenvalue weighted by Gasteiger charge is 2.19. The molecule has 0 aliphatic rings. The van der Waals surface area contributed by atoms with Gasteiger partial charge in [0.2, 0.25) is 5.91 Å². The first-order valence-corrected chi connectivity index (χ1v) is 12.4. The Labute approximate surface area is 197 Å². The molecule has 3 aromatic rings. The summed E-state index contributed by atoms with van der Waals surface area (Å²) < 4.78 is 11.1. The number of aromatic amines is 1. The maximum absolute atomic E-state index is 12.6. The van der Waals surface area contributed by atoms with Crippen molar-refractivity contribution in [2.75, 3.05) is 31.8 Å². The van der Waals surface area contributed by atoms with E-state index in [0.717, 1.165) is 23.2 Å². The summed E-state index contributed by atoms with van der Waals surface area (Å²) in [7, 11) is 0. The van der Waals surface area contributed by atoms with Gasteiger partial charge in [-0.15, -0.1) is 0 Å². The van der Waals surface area contributed by atoms with Crippen LogP contribution in [0.1, 0.15) is 42.5 Å². The normalized spacial score (nSPS) is 11.7. The predicted molar refractivity (Wildman–Crippen MR) is 131 cm³/mol. The second-order valence-electron chi connectivity index (χ2n) is 7.25. The van der Waals surface area contributed by atoms with E-state index in [9.17, 15) is 9.59 Å². The number of aromatic nitrogens is 2. The number of carbonyl (C=O) groups excluding carboxylic acids is 2. The number of carbonyl (C=O) groups is 2. The van der Waals surface area contributed by atoms with Gasteiger partial charge < -0.3 is 25.1 Å². The number of hydrogen-bond acceptors (Lipinski definition) is 6. The molecule has 0 aliphatic heterocycles. The first-order chi connectivity index (χ1) is 16.0. The number of thioether (sulfide) groups is 1. The predicted octanol–water partition coefficient (Wildman–Crippen LogP) is 3.70. The van der Waals surface area contributed by atoms with E-state index in [1.807, 2.05) is 44.4 Å². The Morgan fingerprint density at radius 2 is 1.85 bits per heavy atom. The van der Waals surface area contributed by atoms with Gasteiger partial charge in [-0.25, -0.2) is 4.98 Å². The number of fused-ring (bicyclic) bond motifs is 1. The number of benzene rings is 2. The summed E-state index contributed by atoms with van der Waals surface area (Å²) in [6.45, 7) is 4.54. The molecule has 1 aromatic heterocycles. The third-order valence-corrected chi connectivity index (χ3v) is 5.54. The zero-order valence-electron chi connectivity index (χ0n) is 19.1. The lowest BCUT2D eigenvalue weighted by atomic mass is 10.2. The lowest BCUT2D eigenvalue weighted by Gasteiger charge is -2.17. The van der Waals surface area contributed by atoms with E-state index in [4.69, 9.17) is 9.47 Å². The number of H-pyrrole nitrogens is 1. The molecule has 0 spiro atoms. The van der Waals surface area contributed by atoms with Crippen molar-refractivity contribution in [1.29, 1.82) is 0 Å².